The Bertz CT molecular complexity index is 1080. The zero-order valence-electron chi connectivity index (χ0n) is 14.9. The molecule has 3 rings (SSSR count). The third-order valence-electron chi connectivity index (χ3n) is 4.07. The predicted octanol–water partition coefficient (Wildman–Crippen LogP) is 3.75. The van der Waals surface area contributed by atoms with Gasteiger partial charge in [-0.1, -0.05) is 24.3 Å². The molecule has 7 heteroatoms. The number of aromatic nitrogens is 1. The number of para-hydroxylation sites is 1. The van der Waals surface area contributed by atoms with Gasteiger partial charge in [0.2, 0.25) is 0 Å². The number of hydrogen-bond donors (Lipinski definition) is 2. The fourth-order valence-corrected chi connectivity index (χ4v) is 3.70. The number of nitrogens with zero attached hydrogens (tertiary/aromatic N) is 1. The van der Waals surface area contributed by atoms with Crippen LogP contribution in [0.2, 0.25) is 0 Å². The lowest BCUT2D eigenvalue weighted by Gasteiger charge is -2.13. The van der Waals surface area contributed by atoms with Crippen LogP contribution < -0.4 is 10.0 Å². The highest BCUT2D eigenvalue weighted by Crippen LogP contribution is 2.22. The number of benzene rings is 2. The van der Waals surface area contributed by atoms with E-state index in [0.717, 1.165) is 5.56 Å². The highest BCUT2D eigenvalue weighted by molar-refractivity contribution is 7.92. The zero-order chi connectivity index (χ0) is 19.4. The maximum atomic E-state index is 12.7. The molecule has 0 fully saturated rings. The van der Waals surface area contributed by atoms with Crippen molar-refractivity contribution >= 4 is 27.3 Å². The Morgan fingerprint density at radius 1 is 0.963 bits per heavy atom. The van der Waals surface area contributed by atoms with Crippen molar-refractivity contribution in [2.45, 2.75) is 18.7 Å². The van der Waals surface area contributed by atoms with E-state index in [4.69, 9.17) is 0 Å². The van der Waals surface area contributed by atoms with Crippen LogP contribution in [0.3, 0.4) is 0 Å². The number of carbonyl (C=O) groups excluding carboxylic acids is 1. The van der Waals surface area contributed by atoms with Gasteiger partial charge in [-0.15, -0.1) is 0 Å². The van der Waals surface area contributed by atoms with Crippen molar-refractivity contribution in [1.82, 2.24) is 4.98 Å². The third-order valence-corrected chi connectivity index (χ3v) is 5.44. The van der Waals surface area contributed by atoms with Gasteiger partial charge in [0.15, 0.2) is 0 Å². The summed E-state index contributed by atoms with van der Waals surface area (Å²) in [6.07, 6.45) is 3.12. The monoisotopic (exact) mass is 381 g/mol. The molecule has 1 aromatic heterocycles. The summed E-state index contributed by atoms with van der Waals surface area (Å²) in [5, 5.41) is 2.72. The number of sulfonamides is 1. The molecule has 138 valence electrons. The molecule has 0 atom stereocenters. The van der Waals surface area contributed by atoms with Crippen LogP contribution in [0.15, 0.2) is 71.9 Å². The minimum atomic E-state index is -3.82. The lowest BCUT2D eigenvalue weighted by molar-refractivity contribution is 0.102. The molecule has 27 heavy (non-hydrogen) atoms. The summed E-state index contributed by atoms with van der Waals surface area (Å²) in [4.78, 5) is 16.5. The topological polar surface area (TPSA) is 88.2 Å². The summed E-state index contributed by atoms with van der Waals surface area (Å²) in [7, 11) is -3.82. The number of amides is 1. The van der Waals surface area contributed by atoms with Gasteiger partial charge in [0.1, 0.15) is 0 Å². The number of pyridine rings is 1. The highest BCUT2D eigenvalue weighted by Gasteiger charge is 2.19. The first kappa shape index (κ1) is 18.6. The Kier molecular flexibility index (Phi) is 5.23. The van der Waals surface area contributed by atoms with Crippen LogP contribution in [0.1, 0.15) is 21.5 Å². The molecule has 0 radical (unpaired) electrons. The first-order valence-electron chi connectivity index (χ1n) is 8.27. The van der Waals surface area contributed by atoms with E-state index < -0.39 is 15.9 Å². The fraction of sp³-hybridized carbons (Fsp3) is 0.100. The summed E-state index contributed by atoms with van der Waals surface area (Å²) in [6.45, 7) is 3.57. The molecule has 0 unspecified atom stereocenters. The molecule has 0 aliphatic rings. The van der Waals surface area contributed by atoms with Crippen molar-refractivity contribution in [2.24, 2.45) is 0 Å². The smallest absolute Gasteiger partial charge is 0.261 e. The number of aryl methyl sites for hydroxylation is 2. The predicted molar refractivity (Wildman–Crippen MR) is 105 cm³/mol. The fourth-order valence-electron chi connectivity index (χ4n) is 2.54. The molecular formula is C20H19N3O3S. The van der Waals surface area contributed by atoms with Crippen LogP contribution in [0, 0.1) is 13.8 Å². The van der Waals surface area contributed by atoms with Crippen molar-refractivity contribution in [3.8, 4) is 0 Å². The molecule has 3 aromatic rings. The van der Waals surface area contributed by atoms with Crippen molar-refractivity contribution in [3.63, 3.8) is 0 Å². The van der Waals surface area contributed by atoms with Crippen LogP contribution in [0.5, 0.6) is 0 Å². The zero-order valence-corrected chi connectivity index (χ0v) is 15.7. The third kappa shape index (κ3) is 4.32. The summed E-state index contributed by atoms with van der Waals surface area (Å²) in [5.74, 6) is -0.395. The minimum absolute atomic E-state index is 0.0210. The van der Waals surface area contributed by atoms with Gasteiger partial charge in [-0.2, -0.15) is 0 Å². The first-order valence-corrected chi connectivity index (χ1v) is 9.75. The number of rotatable bonds is 5. The molecular weight excluding hydrogens is 362 g/mol. The maximum Gasteiger partial charge on any atom is 0.261 e. The lowest BCUT2D eigenvalue weighted by Crippen LogP contribution is -2.17. The van der Waals surface area contributed by atoms with E-state index in [1.807, 2.05) is 19.1 Å². The van der Waals surface area contributed by atoms with Crippen molar-refractivity contribution in [3.05, 3.63) is 83.7 Å². The average Bonchev–Trinajstić information content (AvgIpc) is 2.64. The van der Waals surface area contributed by atoms with E-state index >= 15 is 0 Å². The van der Waals surface area contributed by atoms with E-state index in [-0.39, 0.29) is 10.5 Å². The van der Waals surface area contributed by atoms with Gasteiger partial charge in [0.25, 0.3) is 15.9 Å². The molecule has 0 saturated carbocycles. The second-order valence-corrected chi connectivity index (χ2v) is 7.78. The van der Waals surface area contributed by atoms with Gasteiger partial charge in [0, 0.05) is 11.8 Å². The van der Waals surface area contributed by atoms with E-state index in [9.17, 15) is 13.2 Å². The Balaban J connectivity index is 1.90. The molecule has 0 aliphatic carbocycles. The van der Waals surface area contributed by atoms with E-state index in [1.165, 1.54) is 18.3 Å². The van der Waals surface area contributed by atoms with Gasteiger partial charge in [-0.25, -0.2) is 8.42 Å². The molecule has 2 aromatic carbocycles. The maximum absolute atomic E-state index is 12.7. The first-order chi connectivity index (χ1) is 12.9. The minimum Gasteiger partial charge on any atom is -0.321 e. The molecule has 0 bridgehead atoms. The number of nitrogens with one attached hydrogen (secondary N) is 2. The second kappa shape index (κ2) is 7.59. The van der Waals surface area contributed by atoms with Gasteiger partial charge < -0.3 is 5.32 Å². The number of carbonyl (C=O) groups is 1. The second-order valence-electron chi connectivity index (χ2n) is 6.09. The van der Waals surface area contributed by atoms with Crippen LogP contribution >= 0.6 is 0 Å². The standard InChI is InChI=1S/C20H19N3O3S/c1-14-9-10-17(27(25,26)23-19-8-4-3-6-15(19)2)12-18(14)20(24)22-16-7-5-11-21-13-16/h3-13,23H,1-2H3,(H,22,24). The molecule has 0 aliphatic heterocycles. The van der Waals surface area contributed by atoms with Crippen LogP contribution in [-0.4, -0.2) is 19.3 Å². The van der Waals surface area contributed by atoms with Gasteiger partial charge in [-0.05, 0) is 55.3 Å². The van der Waals surface area contributed by atoms with Crippen molar-refractivity contribution < 1.29 is 13.2 Å². The molecule has 1 heterocycles. The van der Waals surface area contributed by atoms with E-state index in [1.54, 1.807) is 43.5 Å². The van der Waals surface area contributed by atoms with Gasteiger partial charge in [-0.3, -0.25) is 14.5 Å². The normalized spacial score (nSPS) is 11.0. The quantitative estimate of drug-likeness (QED) is 0.704. The lowest BCUT2D eigenvalue weighted by atomic mass is 10.1. The molecule has 2 N–H and O–H groups in total. The van der Waals surface area contributed by atoms with Crippen molar-refractivity contribution in [2.75, 3.05) is 10.0 Å². The number of hydrogen-bond acceptors (Lipinski definition) is 4. The summed E-state index contributed by atoms with van der Waals surface area (Å²) < 4.78 is 28.1. The Morgan fingerprint density at radius 3 is 2.44 bits per heavy atom. The van der Waals surface area contributed by atoms with E-state index in [0.29, 0.717) is 16.9 Å². The van der Waals surface area contributed by atoms with Gasteiger partial charge >= 0.3 is 0 Å². The SMILES string of the molecule is Cc1ccccc1NS(=O)(=O)c1ccc(C)c(C(=O)Nc2cccnc2)c1. The Labute approximate surface area is 158 Å². The molecule has 6 nitrogen and oxygen atoms in total. The largest absolute Gasteiger partial charge is 0.321 e. The highest BCUT2D eigenvalue weighted by atomic mass is 32.2. The average molecular weight is 381 g/mol. The molecule has 1 amide bonds. The number of anilines is 2. The summed E-state index contributed by atoms with van der Waals surface area (Å²) >= 11 is 0. The van der Waals surface area contributed by atoms with Crippen LogP contribution in [0.4, 0.5) is 11.4 Å². The molecule has 0 saturated heterocycles. The van der Waals surface area contributed by atoms with Crippen molar-refractivity contribution in [1.29, 1.82) is 0 Å². The van der Waals surface area contributed by atoms with E-state index in [2.05, 4.69) is 15.0 Å². The summed E-state index contributed by atoms with van der Waals surface area (Å²) in [6, 6.07) is 15.0. The van der Waals surface area contributed by atoms with Crippen LogP contribution in [0.25, 0.3) is 0 Å². The Morgan fingerprint density at radius 2 is 1.74 bits per heavy atom. The van der Waals surface area contributed by atoms with Crippen LogP contribution in [-0.2, 0) is 10.0 Å². The summed E-state index contributed by atoms with van der Waals surface area (Å²) in [5.41, 5.74) is 2.80. The van der Waals surface area contributed by atoms with Gasteiger partial charge in [0.05, 0.1) is 22.5 Å². The Hall–Kier alpha value is -3.19. The molecule has 0 spiro atoms.